The maximum Gasteiger partial charge on any atom is 0.132 e. The van der Waals surface area contributed by atoms with Crippen LogP contribution in [0.25, 0.3) is 0 Å². The standard InChI is InChI=1S/C16H17BrFNO2/c1-16(10-20,19-12-6-3-5-11(17)9-12)15-13(18)7-4-8-14(15)21-2/h3-9,19-20H,10H2,1-2H3. The van der Waals surface area contributed by atoms with Crippen LogP contribution < -0.4 is 10.1 Å². The van der Waals surface area contributed by atoms with Crippen molar-refractivity contribution >= 4 is 21.6 Å². The Bertz CT molecular complexity index is 635. The van der Waals surface area contributed by atoms with E-state index in [-0.39, 0.29) is 6.61 Å². The van der Waals surface area contributed by atoms with Crippen LogP contribution in [-0.2, 0) is 5.54 Å². The molecule has 0 aromatic heterocycles. The van der Waals surface area contributed by atoms with Gasteiger partial charge in [0, 0.05) is 10.2 Å². The number of benzene rings is 2. The lowest BCUT2D eigenvalue weighted by Gasteiger charge is -2.32. The highest BCUT2D eigenvalue weighted by atomic mass is 79.9. The van der Waals surface area contributed by atoms with Gasteiger partial charge in [-0.15, -0.1) is 0 Å². The maximum atomic E-state index is 14.3. The molecule has 2 N–H and O–H groups in total. The van der Waals surface area contributed by atoms with E-state index in [1.165, 1.54) is 13.2 Å². The number of hydrogen-bond donors (Lipinski definition) is 2. The first-order valence-electron chi connectivity index (χ1n) is 6.48. The molecule has 2 rings (SSSR count). The van der Waals surface area contributed by atoms with Crippen LogP contribution >= 0.6 is 15.9 Å². The summed E-state index contributed by atoms with van der Waals surface area (Å²) in [6, 6.07) is 12.1. The van der Waals surface area contributed by atoms with Crippen LogP contribution in [0.4, 0.5) is 10.1 Å². The molecular formula is C16H17BrFNO2. The Kier molecular flexibility index (Phi) is 4.85. The average molecular weight is 354 g/mol. The number of hydrogen-bond acceptors (Lipinski definition) is 3. The summed E-state index contributed by atoms with van der Waals surface area (Å²) < 4.78 is 20.4. The van der Waals surface area contributed by atoms with E-state index >= 15 is 0 Å². The highest BCUT2D eigenvalue weighted by Gasteiger charge is 2.32. The molecule has 0 aliphatic heterocycles. The molecule has 2 aromatic rings. The van der Waals surface area contributed by atoms with E-state index in [0.29, 0.717) is 11.3 Å². The van der Waals surface area contributed by atoms with Gasteiger partial charge in [0.25, 0.3) is 0 Å². The lowest BCUT2D eigenvalue weighted by Crippen LogP contribution is -2.37. The van der Waals surface area contributed by atoms with Gasteiger partial charge in [-0.3, -0.25) is 0 Å². The van der Waals surface area contributed by atoms with Crippen molar-refractivity contribution in [2.45, 2.75) is 12.5 Å². The van der Waals surface area contributed by atoms with Crippen molar-refractivity contribution in [2.75, 3.05) is 19.0 Å². The molecule has 2 aromatic carbocycles. The second kappa shape index (κ2) is 6.45. The molecule has 21 heavy (non-hydrogen) atoms. The van der Waals surface area contributed by atoms with Gasteiger partial charge in [-0.05, 0) is 37.3 Å². The number of nitrogens with one attached hydrogen (secondary N) is 1. The van der Waals surface area contributed by atoms with Crippen molar-refractivity contribution in [3.05, 3.63) is 58.3 Å². The van der Waals surface area contributed by atoms with Crippen LogP contribution in [0.1, 0.15) is 12.5 Å². The third-order valence-electron chi connectivity index (χ3n) is 3.31. The largest absolute Gasteiger partial charge is 0.496 e. The van der Waals surface area contributed by atoms with Crippen molar-refractivity contribution in [1.82, 2.24) is 0 Å². The van der Waals surface area contributed by atoms with E-state index in [9.17, 15) is 9.50 Å². The molecule has 3 nitrogen and oxygen atoms in total. The predicted molar refractivity (Wildman–Crippen MR) is 85.2 cm³/mol. The SMILES string of the molecule is COc1cccc(F)c1C(C)(CO)Nc1cccc(Br)c1. The Morgan fingerprint density at radius 3 is 2.62 bits per heavy atom. The molecule has 5 heteroatoms. The Morgan fingerprint density at radius 2 is 2.00 bits per heavy atom. The van der Waals surface area contributed by atoms with Gasteiger partial charge in [0.15, 0.2) is 0 Å². The van der Waals surface area contributed by atoms with Crippen molar-refractivity contribution in [1.29, 1.82) is 0 Å². The van der Waals surface area contributed by atoms with Gasteiger partial charge < -0.3 is 15.2 Å². The van der Waals surface area contributed by atoms with E-state index in [1.54, 1.807) is 19.1 Å². The van der Waals surface area contributed by atoms with Gasteiger partial charge in [-0.2, -0.15) is 0 Å². The minimum absolute atomic E-state index is 0.281. The topological polar surface area (TPSA) is 41.5 Å². The number of ether oxygens (including phenoxy) is 1. The van der Waals surface area contributed by atoms with Crippen LogP contribution in [0.5, 0.6) is 5.75 Å². The summed E-state index contributed by atoms with van der Waals surface area (Å²) in [6.45, 7) is 1.45. The van der Waals surface area contributed by atoms with Crippen molar-refractivity contribution < 1.29 is 14.2 Å². The highest BCUT2D eigenvalue weighted by molar-refractivity contribution is 9.10. The molecule has 1 atom stereocenters. The van der Waals surface area contributed by atoms with Gasteiger partial charge in [0.05, 0.1) is 24.8 Å². The monoisotopic (exact) mass is 353 g/mol. The molecule has 0 fully saturated rings. The number of anilines is 1. The zero-order chi connectivity index (χ0) is 15.5. The second-order valence-corrected chi connectivity index (χ2v) is 5.86. The van der Waals surface area contributed by atoms with Gasteiger partial charge >= 0.3 is 0 Å². The molecule has 1 unspecified atom stereocenters. The summed E-state index contributed by atoms with van der Waals surface area (Å²) in [5, 5.41) is 13.0. The summed E-state index contributed by atoms with van der Waals surface area (Å²) in [6.07, 6.45) is 0. The van der Waals surface area contributed by atoms with E-state index in [0.717, 1.165) is 10.2 Å². The van der Waals surface area contributed by atoms with Crippen LogP contribution in [0.15, 0.2) is 46.9 Å². The fourth-order valence-corrected chi connectivity index (χ4v) is 2.68. The third kappa shape index (κ3) is 3.36. The molecule has 0 spiro atoms. The summed E-state index contributed by atoms with van der Waals surface area (Å²) >= 11 is 3.39. The zero-order valence-electron chi connectivity index (χ0n) is 11.9. The quantitative estimate of drug-likeness (QED) is 0.855. The molecule has 0 heterocycles. The molecule has 0 saturated heterocycles. The number of aliphatic hydroxyl groups is 1. The number of rotatable bonds is 5. The average Bonchev–Trinajstić information content (AvgIpc) is 2.46. The minimum Gasteiger partial charge on any atom is -0.496 e. The van der Waals surface area contributed by atoms with Crippen LogP contribution in [0.3, 0.4) is 0 Å². The fourth-order valence-electron chi connectivity index (χ4n) is 2.28. The van der Waals surface area contributed by atoms with Gasteiger partial charge in [-0.25, -0.2) is 4.39 Å². The smallest absolute Gasteiger partial charge is 0.132 e. The second-order valence-electron chi connectivity index (χ2n) is 4.94. The van der Waals surface area contributed by atoms with Crippen molar-refractivity contribution in [3.8, 4) is 5.75 Å². The Balaban J connectivity index is 2.46. The molecule has 0 aliphatic carbocycles. The first-order valence-corrected chi connectivity index (χ1v) is 7.27. The Labute approximate surface area is 131 Å². The van der Waals surface area contributed by atoms with Crippen LogP contribution in [0.2, 0.25) is 0 Å². The van der Waals surface area contributed by atoms with E-state index in [4.69, 9.17) is 4.74 Å². The molecule has 112 valence electrons. The molecule has 0 saturated carbocycles. The zero-order valence-corrected chi connectivity index (χ0v) is 13.4. The van der Waals surface area contributed by atoms with E-state index < -0.39 is 11.4 Å². The van der Waals surface area contributed by atoms with Crippen LogP contribution in [0, 0.1) is 5.82 Å². The summed E-state index contributed by atoms with van der Waals surface area (Å²) in [4.78, 5) is 0. The number of halogens is 2. The first-order chi connectivity index (χ1) is 10.00. The van der Waals surface area contributed by atoms with Crippen molar-refractivity contribution in [3.63, 3.8) is 0 Å². The van der Waals surface area contributed by atoms with E-state index in [1.807, 2.05) is 24.3 Å². The van der Waals surface area contributed by atoms with E-state index in [2.05, 4.69) is 21.2 Å². The minimum atomic E-state index is -1.00. The third-order valence-corrected chi connectivity index (χ3v) is 3.80. The predicted octanol–water partition coefficient (Wildman–Crippen LogP) is 3.92. The number of aliphatic hydroxyl groups excluding tert-OH is 1. The molecule has 0 aliphatic rings. The molecule has 0 amide bonds. The molecular weight excluding hydrogens is 337 g/mol. The number of methoxy groups -OCH3 is 1. The molecule has 0 bridgehead atoms. The van der Waals surface area contributed by atoms with Gasteiger partial charge in [0.1, 0.15) is 11.6 Å². The lowest BCUT2D eigenvalue weighted by atomic mass is 9.91. The Morgan fingerprint density at radius 1 is 1.29 bits per heavy atom. The maximum absolute atomic E-state index is 14.3. The summed E-state index contributed by atoms with van der Waals surface area (Å²) in [5.41, 5.74) is 0.0681. The molecule has 0 radical (unpaired) electrons. The highest BCUT2D eigenvalue weighted by Crippen LogP contribution is 2.35. The van der Waals surface area contributed by atoms with Crippen LogP contribution in [-0.4, -0.2) is 18.8 Å². The van der Waals surface area contributed by atoms with Gasteiger partial charge in [0.2, 0.25) is 0 Å². The van der Waals surface area contributed by atoms with Crippen molar-refractivity contribution in [2.24, 2.45) is 0 Å². The summed E-state index contributed by atoms with van der Waals surface area (Å²) in [7, 11) is 1.48. The first kappa shape index (κ1) is 15.8. The normalized spacial score (nSPS) is 13.6. The fraction of sp³-hybridized carbons (Fsp3) is 0.250. The Hall–Kier alpha value is -1.59. The lowest BCUT2D eigenvalue weighted by molar-refractivity contribution is 0.216. The summed E-state index contributed by atoms with van der Waals surface area (Å²) in [5.74, 6) is -0.0255. The van der Waals surface area contributed by atoms with Gasteiger partial charge in [-0.1, -0.05) is 28.1 Å².